The predicted octanol–water partition coefficient (Wildman–Crippen LogP) is 1.04. The highest BCUT2D eigenvalue weighted by molar-refractivity contribution is 7.91. The van der Waals surface area contributed by atoms with Gasteiger partial charge in [0.25, 0.3) is 0 Å². The lowest BCUT2D eigenvalue weighted by atomic mass is 10.1. The van der Waals surface area contributed by atoms with Gasteiger partial charge >= 0.3 is 0 Å². The summed E-state index contributed by atoms with van der Waals surface area (Å²) in [6, 6.07) is 7.02. The number of hydrogen-bond acceptors (Lipinski definition) is 4. The van der Waals surface area contributed by atoms with Crippen LogP contribution in [0, 0.1) is 0 Å². The van der Waals surface area contributed by atoms with Gasteiger partial charge in [-0.05, 0) is 11.6 Å². The molecule has 2 aromatic rings. The van der Waals surface area contributed by atoms with Gasteiger partial charge in [-0.2, -0.15) is 0 Å². The summed E-state index contributed by atoms with van der Waals surface area (Å²) in [4.78, 5) is 4.67. The highest BCUT2D eigenvalue weighted by Gasteiger charge is 2.33. The standard InChI is InChI=1S/C13H15N3O2S/c1-16-7-6-14-13(16)8-15-11-9-19(17,18)12-5-3-2-4-10(11)12/h2-7,11,15H,8-9H2,1H3. The smallest absolute Gasteiger partial charge is 0.180 e. The van der Waals surface area contributed by atoms with E-state index in [1.165, 1.54) is 0 Å². The Kier molecular flexibility index (Phi) is 2.91. The zero-order chi connectivity index (χ0) is 13.5. The molecule has 1 aliphatic heterocycles. The lowest BCUT2D eigenvalue weighted by Gasteiger charge is -2.12. The van der Waals surface area contributed by atoms with Crippen LogP contribution in [0.25, 0.3) is 0 Å². The van der Waals surface area contributed by atoms with Gasteiger partial charge in [0.15, 0.2) is 9.84 Å². The first-order chi connectivity index (χ1) is 9.08. The average Bonchev–Trinajstić information content (AvgIpc) is 2.90. The number of fused-ring (bicyclic) bond motifs is 1. The molecule has 1 atom stereocenters. The van der Waals surface area contributed by atoms with Crippen LogP contribution in [0.5, 0.6) is 0 Å². The van der Waals surface area contributed by atoms with Crippen molar-refractivity contribution in [3.05, 3.63) is 48.0 Å². The maximum absolute atomic E-state index is 12.0. The molecule has 0 spiro atoms. The third-order valence-electron chi connectivity index (χ3n) is 3.44. The summed E-state index contributed by atoms with van der Waals surface area (Å²) in [5.41, 5.74) is 0.858. The summed E-state index contributed by atoms with van der Waals surface area (Å²) in [5.74, 6) is 1.01. The molecule has 6 heteroatoms. The Morgan fingerprint density at radius 2 is 2.21 bits per heavy atom. The van der Waals surface area contributed by atoms with E-state index in [0.717, 1.165) is 11.4 Å². The van der Waals surface area contributed by atoms with Crippen molar-refractivity contribution in [2.75, 3.05) is 5.75 Å². The van der Waals surface area contributed by atoms with Gasteiger partial charge in [0.2, 0.25) is 0 Å². The second-order valence-electron chi connectivity index (χ2n) is 4.71. The molecule has 0 aliphatic carbocycles. The van der Waals surface area contributed by atoms with Crippen LogP contribution in [0.2, 0.25) is 0 Å². The number of hydrogen-bond donors (Lipinski definition) is 1. The number of sulfone groups is 1. The van der Waals surface area contributed by atoms with Crippen molar-refractivity contribution in [3.8, 4) is 0 Å². The fraction of sp³-hybridized carbons (Fsp3) is 0.308. The Bertz CT molecular complexity index is 706. The molecule has 0 bridgehead atoms. The minimum Gasteiger partial charge on any atom is -0.337 e. The van der Waals surface area contributed by atoms with E-state index in [2.05, 4.69) is 10.3 Å². The maximum Gasteiger partial charge on any atom is 0.180 e. The van der Waals surface area contributed by atoms with Crippen LogP contribution in [-0.2, 0) is 23.4 Å². The molecule has 0 fully saturated rings. The van der Waals surface area contributed by atoms with Crippen LogP contribution in [0.1, 0.15) is 17.4 Å². The average molecular weight is 277 g/mol. The predicted molar refractivity (Wildman–Crippen MR) is 71.3 cm³/mol. The van der Waals surface area contributed by atoms with Crippen molar-refractivity contribution in [2.24, 2.45) is 7.05 Å². The van der Waals surface area contributed by atoms with Crippen LogP contribution >= 0.6 is 0 Å². The molecule has 0 saturated heterocycles. The number of nitrogens with zero attached hydrogens (tertiary/aromatic N) is 2. The highest BCUT2D eigenvalue weighted by atomic mass is 32.2. The first-order valence-corrected chi connectivity index (χ1v) is 7.74. The Balaban J connectivity index is 1.83. The summed E-state index contributed by atoms with van der Waals surface area (Å²) in [6.07, 6.45) is 3.60. The molecule has 1 N–H and O–H groups in total. The summed E-state index contributed by atoms with van der Waals surface area (Å²) in [7, 11) is -1.23. The van der Waals surface area contributed by atoms with E-state index < -0.39 is 9.84 Å². The molecule has 1 unspecified atom stereocenters. The maximum atomic E-state index is 12.0. The number of aryl methyl sites for hydroxylation is 1. The molecular weight excluding hydrogens is 262 g/mol. The van der Waals surface area contributed by atoms with Crippen molar-refractivity contribution in [3.63, 3.8) is 0 Å². The van der Waals surface area contributed by atoms with E-state index >= 15 is 0 Å². The zero-order valence-electron chi connectivity index (χ0n) is 10.6. The van der Waals surface area contributed by atoms with Gasteiger partial charge in [0, 0.05) is 25.5 Å². The van der Waals surface area contributed by atoms with E-state index in [-0.39, 0.29) is 11.8 Å². The van der Waals surface area contributed by atoms with Crippen molar-refractivity contribution in [2.45, 2.75) is 17.5 Å². The van der Waals surface area contributed by atoms with Crippen LogP contribution in [0.3, 0.4) is 0 Å². The van der Waals surface area contributed by atoms with Crippen molar-refractivity contribution in [1.29, 1.82) is 0 Å². The van der Waals surface area contributed by atoms with Gasteiger partial charge in [-0.3, -0.25) is 0 Å². The topological polar surface area (TPSA) is 64.0 Å². The Labute approximate surface area is 112 Å². The molecule has 1 aromatic heterocycles. The molecule has 0 amide bonds. The minimum absolute atomic E-state index is 0.122. The number of benzene rings is 1. The second-order valence-corrected chi connectivity index (χ2v) is 6.71. The van der Waals surface area contributed by atoms with E-state index in [4.69, 9.17) is 0 Å². The quantitative estimate of drug-likeness (QED) is 0.910. The molecule has 3 rings (SSSR count). The molecule has 1 aromatic carbocycles. The number of nitrogens with one attached hydrogen (secondary N) is 1. The van der Waals surface area contributed by atoms with E-state index in [0.29, 0.717) is 11.4 Å². The fourth-order valence-corrected chi connectivity index (χ4v) is 4.17. The van der Waals surface area contributed by atoms with Gasteiger partial charge in [-0.25, -0.2) is 13.4 Å². The van der Waals surface area contributed by atoms with Crippen molar-refractivity contribution in [1.82, 2.24) is 14.9 Å². The summed E-state index contributed by atoms with van der Waals surface area (Å²) < 4.78 is 26.0. The molecule has 2 heterocycles. The Hall–Kier alpha value is -1.66. The van der Waals surface area contributed by atoms with E-state index in [1.54, 1.807) is 18.3 Å². The van der Waals surface area contributed by atoms with Crippen LogP contribution in [0.15, 0.2) is 41.6 Å². The summed E-state index contributed by atoms with van der Waals surface area (Å²) in [5, 5.41) is 3.27. The van der Waals surface area contributed by atoms with Crippen LogP contribution in [-0.4, -0.2) is 23.7 Å². The van der Waals surface area contributed by atoms with Gasteiger partial charge < -0.3 is 9.88 Å². The molecule has 19 heavy (non-hydrogen) atoms. The number of aromatic nitrogens is 2. The lowest BCUT2D eigenvalue weighted by molar-refractivity contribution is 0.547. The van der Waals surface area contributed by atoms with Gasteiger partial charge in [0.1, 0.15) is 5.82 Å². The Morgan fingerprint density at radius 3 is 2.95 bits per heavy atom. The zero-order valence-corrected chi connectivity index (χ0v) is 11.4. The SMILES string of the molecule is Cn1ccnc1CNC1CS(=O)(=O)c2ccccc21. The van der Waals surface area contributed by atoms with Gasteiger partial charge in [0.05, 0.1) is 17.2 Å². The highest BCUT2D eigenvalue weighted by Crippen LogP contribution is 2.32. The third kappa shape index (κ3) is 2.17. The monoisotopic (exact) mass is 277 g/mol. The Morgan fingerprint density at radius 1 is 1.42 bits per heavy atom. The first kappa shape index (κ1) is 12.4. The van der Waals surface area contributed by atoms with Crippen molar-refractivity contribution < 1.29 is 8.42 Å². The molecule has 0 saturated carbocycles. The molecule has 0 radical (unpaired) electrons. The summed E-state index contributed by atoms with van der Waals surface area (Å²) >= 11 is 0. The number of rotatable bonds is 3. The van der Waals surface area contributed by atoms with Gasteiger partial charge in [-0.15, -0.1) is 0 Å². The van der Waals surface area contributed by atoms with Crippen LogP contribution < -0.4 is 5.32 Å². The largest absolute Gasteiger partial charge is 0.337 e. The molecule has 100 valence electrons. The van der Waals surface area contributed by atoms with Crippen molar-refractivity contribution >= 4 is 9.84 Å². The second kappa shape index (κ2) is 4.47. The lowest BCUT2D eigenvalue weighted by Crippen LogP contribution is -2.23. The minimum atomic E-state index is -3.15. The normalized spacial score (nSPS) is 20.4. The third-order valence-corrected chi connectivity index (χ3v) is 5.26. The molecule has 1 aliphatic rings. The fourth-order valence-electron chi connectivity index (χ4n) is 2.40. The van der Waals surface area contributed by atoms with Crippen LogP contribution in [0.4, 0.5) is 0 Å². The van der Waals surface area contributed by atoms with E-state index in [9.17, 15) is 8.42 Å². The first-order valence-electron chi connectivity index (χ1n) is 6.09. The molecule has 5 nitrogen and oxygen atoms in total. The van der Waals surface area contributed by atoms with E-state index in [1.807, 2.05) is 29.9 Å². The van der Waals surface area contributed by atoms with Gasteiger partial charge in [-0.1, -0.05) is 18.2 Å². The summed E-state index contributed by atoms with van der Waals surface area (Å²) in [6.45, 7) is 0.554. The molecular formula is C13H15N3O2S. The number of imidazole rings is 1.